The Morgan fingerprint density at radius 1 is 1.33 bits per heavy atom. The zero-order valence-corrected chi connectivity index (χ0v) is 10.9. The first-order valence-electron chi connectivity index (χ1n) is 5.85. The molecule has 1 aromatic rings. The number of nitrogens with two attached hydrogens (primary N) is 1. The van der Waals surface area contributed by atoms with E-state index < -0.39 is 6.61 Å². The van der Waals surface area contributed by atoms with E-state index in [9.17, 15) is 8.78 Å². The fourth-order valence-corrected chi connectivity index (χ4v) is 1.57. The molecule has 0 spiro atoms. The Balaban J connectivity index is 2.75. The number of alkyl halides is 2. The number of ether oxygens (including phenoxy) is 1. The lowest BCUT2D eigenvalue weighted by atomic mass is 10.0. The maximum atomic E-state index is 12.3. The second kappa shape index (κ2) is 6.11. The van der Waals surface area contributed by atoms with E-state index in [1.165, 1.54) is 6.07 Å². The number of rotatable bonds is 6. The largest absolute Gasteiger partial charge is 0.434 e. The number of benzene rings is 1. The molecule has 0 radical (unpaired) electrons. The van der Waals surface area contributed by atoms with E-state index in [2.05, 4.69) is 10.1 Å². The lowest BCUT2D eigenvalue weighted by Gasteiger charge is -2.24. The van der Waals surface area contributed by atoms with Crippen molar-refractivity contribution in [1.82, 2.24) is 5.32 Å². The van der Waals surface area contributed by atoms with Crippen LogP contribution in [0.25, 0.3) is 0 Å². The van der Waals surface area contributed by atoms with Crippen LogP contribution in [0.3, 0.4) is 0 Å². The van der Waals surface area contributed by atoms with Crippen molar-refractivity contribution in [2.45, 2.75) is 39.0 Å². The molecule has 5 heteroatoms. The first-order valence-corrected chi connectivity index (χ1v) is 5.85. The lowest BCUT2D eigenvalue weighted by molar-refractivity contribution is -0.0506. The second-order valence-corrected chi connectivity index (χ2v) is 5.01. The van der Waals surface area contributed by atoms with Gasteiger partial charge in [-0.3, -0.25) is 0 Å². The van der Waals surface area contributed by atoms with E-state index in [0.29, 0.717) is 12.1 Å². The molecule has 0 aliphatic rings. The fourth-order valence-electron chi connectivity index (χ4n) is 1.57. The Bertz CT molecular complexity index is 377. The van der Waals surface area contributed by atoms with Gasteiger partial charge in [-0.2, -0.15) is 8.78 Å². The van der Waals surface area contributed by atoms with Crippen LogP contribution in [0.1, 0.15) is 32.4 Å². The number of halogens is 2. The summed E-state index contributed by atoms with van der Waals surface area (Å²) in [6, 6.07) is 6.65. The second-order valence-electron chi connectivity index (χ2n) is 5.01. The highest BCUT2D eigenvalue weighted by Crippen LogP contribution is 2.26. The molecule has 3 N–H and O–H groups in total. The zero-order chi connectivity index (χ0) is 13.8. The van der Waals surface area contributed by atoms with Gasteiger partial charge >= 0.3 is 6.61 Å². The molecule has 0 aromatic heterocycles. The van der Waals surface area contributed by atoms with Crippen molar-refractivity contribution in [3.05, 3.63) is 29.8 Å². The Kier molecular flexibility index (Phi) is 5.04. The Morgan fingerprint density at radius 2 is 1.94 bits per heavy atom. The highest BCUT2D eigenvalue weighted by molar-refractivity contribution is 5.35. The molecular weight excluding hydrogens is 238 g/mol. The van der Waals surface area contributed by atoms with Gasteiger partial charge in [0.05, 0.1) is 0 Å². The van der Waals surface area contributed by atoms with Crippen LogP contribution in [-0.2, 0) is 0 Å². The summed E-state index contributed by atoms with van der Waals surface area (Å²) in [5.74, 6) is 0.197. The molecule has 1 atom stereocenters. The smallest absolute Gasteiger partial charge is 0.387 e. The molecule has 0 aliphatic heterocycles. The summed E-state index contributed by atoms with van der Waals surface area (Å²) >= 11 is 0. The first-order chi connectivity index (χ1) is 8.29. The summed E-state index contributed by atoms with van der Waals surface area (Å²) in [6.45, 7) is 3.45. The van der Waals surface area contributed by atoms with Crippen molar-refractivity contribution >= 4 is 0 Å². The fraction of sp³-hybridized carbons (Fsp3) is 0.538. The molecule has 0 bridgehead atoms. The average molecular weight is 258 g/mol. The summed E-state index contributed by atoms with van der Waals surface area (Å²) in [5.41, 5.74) is 6.21. The van der Waals surface area contributed by atoms with Gasteiger partial charge in [0, 0.05) is 23.7 Å². The molecular formula is C13H20F2N2O. The average Bonchev–Trinajstić information content (AvgIpc) is 2.25. The van der Waals surface area contributed by atoms with E-state index in [1.54, 1.807) is 18.2 Å². The van der Waals surface area contributed by atoms with Gasteiger partial charge < -0.3 is 15.8 Å². The Hall–Kier alpha value is -1.20. The minimum absolute atomic E-state index is 0.109. The van der Waals surface area contributed by atoms with Crippen molar-refractivity contribution < 1.29 is 13.5 Å². The van der Waals surface area contributed by atoms with Gasteiger partial charge in [-0.15, -0.1) is 0 Å². The summed E-state index contributed by atoms with van der Waals surface area (Å²) in [4.78, 5) is 0. The molecule has 18 heavy (non-hydrogen) atoms. The van der Waals surface area contributed by atoms with Crippen molar-refractivity contribution in [2.75, 3.05) is 6.54 Å². The van der Waals surface area contributed by atoms with Crippen LogP contribution in [0.15, 0.2) is 24.3 Å². The van der Waals surface area contributed by atoms with Crippen molar-refractivity contribution in [2.24, 2.45) is 5.73 Å². The molecule has 1 rings (SSSR count). The minimum atomic E-state index is -2.82. The van der Waals surface area contributed by atoms with Crippen LogP contribution < -0.4 is 15.8 Å². The van der Waals surface area contributed by atoms with Gasteiger partial charge in [0.25, 0.3) is 0 Å². The van der Waals surface area contributed by atoms with Crippen molar-refractivity contribution in [1.29, 1.82) is 0 Å². The molecule has 0 saturated heterocycles. The Labute approximate surface area is 106 Å². The predicted octanol–water partition coefficient (Wildman–Crippen LogP) is 2.68. The third-order valence-corrected chi connectivity index (χ3v) is 2.47. The van der Waals surface area contributed by atoms with Gasteiger partial charge in [-0.05, 0) is 26.8 Å². The summed E-state index contributed by atoms with van der Waals surface area (Å²) in [5, 5.41) is 3.20. The molecule has 1 aromatic carbocycles. The van der Waals surface area contributed by atoms with Crippen LogP contribution >= 0.6 is 0 Å². The maximum absolute atomic E-state index is 12.3. The van der Waals surface area contributed by atoms with Gasteiger partial charge in [0.15, 0.2) is 0 Å². The van der Waals surface area contributed by atoms with Gasteiger partial charge in [0.2, 0.25) is 0 Å². The van der Waals surface area contributed by atoms with Gasteiger partial charge in [-0.1, -0.05) is 18.2 Å². The quantitative estimate of drug-likeness (QED) is 0.824. The molecule has 102 valence electrons. The van der Waals surface area contributed by atoms with E-state index in [1.807, 2.05) is 20.8 Å². The SMILES string of the molecule is CC(NCC(C)(C)N)c1ccccc1OC(F)F. The number of hydrogen-bond donors (Lipinski definition) is 2. The molecule has 1 unspecified atom stereocenters. The van der Waals surface area contributed by atoms with E-state index in [4.69, 9.17) is 5.73 Å². The highest BCUT2D eigenvalue weighted by atomic mass is 19.3. The van der Waals surface area contributed by atoms with Crippen LogP contribution in [0.2, 0.25) is 0 Å². The standard InChI is InChI=1S/C13H20F2N2O/c1-9(17-8-13(2,3)16)10-6-4-5-7-11(10)18-12(14)15/h4-7,9,12,17H,8,16H2,1-3H3. The molecule has 0 fully saturated rings. The molecule has 0 saturated carbocycles. The first kappa shape index (κ1) is 14.9. The Morgan fingerprint density at radius 3 is 2.50 bits per heavy atom. The third-order valence-electron chi connectivity index (χ3n) is 2.47. The molecule has 3 nitrogen and oxygen atoms in total. The van der Waals surface area contributed by atoms with Gasteiger partial charge in [-0.25, -0.2) is 0 Å². The molecule has 0 heterocycles. The monoisotopic (exact) mass is 258 g/mol. The normalized spacial score (nSPS) is 13.7. The molecule has 0 aliphatic carbocycles. The summed E-state index contributed by atoms with van der Waals surface area (Å²) < 4.78 is 29.0. The van der Waals surface area contributed by atoms with Crippen LogP contribution in [0, 0.1) is 0 Å². The van der Waals surface area contributed by atoms with E-state index in [0.717, 1.165) is 0 Å². The minimum Gasteiger partial charge on any atom is -0.434 e. The summed E-state index contributed by atoms with van der Waals surface area (Å²) in [7, 11) is 0. The van der Waals surface area contributed by atoms with Gasteiger partial charge in [0.1, 0.15) is 5.75 Å². The van der Waals surface area contributed by atoms with Crippen LogP contribution in [-0.4, -0.2) is 18.7 Å². The van der Waals surface area contributed by atoms with Crippen LogP contribution in [0.5, 0.6) is 5.75 Å². The number of nitrogens with one attached hydrogen (secondary N) is 1. The van der Waals surface area contributed by atoms with E-state index in [-0.39, 0.29) is 17.3 Å². The maximum Gasteiger partial charge on any atom is 0.387 e. The molecule has 0 amide bonds. The lowest BCUT2D eigenvalue weighted by Crippen LogP contribution is -2.43. The number of hydrogen-bond acceptors (Lipinski definition) is 3. The van der Waals surface area contributed by atoms with Crippen molar-refractivity contribution in [3.8, 4) is 5.75 Å². The van der Waals surface area contributed by atoms with Crippen LogP contribution in [0.4, 0.5) is 8.78 Å². The van der Waals surface area contributed by atoms with E-state index >= 15 is 0 Å². The summed E-state index contributed by atoms with van der Waals surface area (Å²) in [6.07, 6.45) is 0. The number of para-hydroxylation sites is 1. The van der Waals surface area contributed by atoms with Crippen molar-refractivity contribution in [3.63, 3.8) is 0 Å². The highest BCUT2D eigenvalue weighted by Gasteiger charge is 2.17. The third kappa shape index (κ3) is 4.98. The zero-order valence-electron chi connectivity index (χ0n) is 10.9. The topological polar surface area (TPSA) is 47.3 Å². The predicted molar refractivity (Wildman–Crippen MR) is 67.8 cm³/mol.